The van der Waals surface area contributed by atoms with Crippen LogP contribution in [0, 0.1) is 5.82 Å². The number of rotatable bonds is 2. The van der Waals surface area contributed by atoms with E-state index < -0.39 is 5.82 Å². The van der Waals surface area contributed by atoms with Crippen molar-refractivity contribution in [3.05, 3.63) is 69.5 Å². The Labute approximate surface area is 120 Å². The van der Waals surface area contributed by atoms with Crippen molar-refractivity contribution in [3.8, 4) is 0 Å². The third-order valence-electron chi connectivity index (χ3n) is 3.27. The first-order valence-electron chi connectivity index (χ1n) is 5.93. The molecule has 2 aromatic carbocycles. The fourth-order valence-electron chi connectivity index (χ4n) is 2.21. The van der Waals surface area contributed by atoms with Gasteiger partial charge in [0.15, 0.2) is 0 Å². The fourth-order valence-corrected chi connectivity index (χ4v) is 2.67. The van der Waals surface area contributed by atoms with Gasteiger partial charge in [0.05, 0.1) is 23.6 Å². The van der Waals surface area contributed by atoms with Crippen LogP contribution in [-0.2, 0) is 18.0 Å². The van der Waals surface area contributed by atoms with Crippen molar-refractivity contribution in [2.75, 3.05) is 0 Å². The van der Waals surface area contributed by atoms with Gasteiger partial charge >= 0.3 is 0 Å². The van der Waals surface area contributed by atoms with Crippen LogP contribution in [0.4, 0.5) is 4.39 Å². The van der Waals surface area contributed by atoms with Crippen molar-refractivity contribution in [2.24, 2.45) is 0 Å². The van der Waals surface area contributed by atoms with Crippen LogP contribution in [0.15, 0.2) is 36.4 Å². The van der Waals surface area contributed by atoms with E-state index in [4.69, 9.17) is 27.9 Å². The van der Waals surface area contributed by atoms with Gasteiger partial charge in [-0.05, 0) is 34.4 Å². The third-order valence-corrected chi connectivity index (χ3v) is 4.07. The first kappa shape index (κ1) is 12.9. The van der Waals surface area contributed by atoms with Gasteiger partial charge in [-0.3, -0.25) is 0 Å². The number of fused-ring (bicyclic) bond motifs is 1. The molecule has 1 heterocycles. The summed E-state index contributed by atoms with van der Waals surface area (Å²) in [7, 11) is 0. The second-order valence-corrected chi connectivity index (χ2v) is 5.40. The van der Waals surface area contributed by atoms with Gasteiger partial charge in [0, 0.05) is 0 Å². The SMILES string of the molecule is Fc1ccc(C(Cl)c2ccc3c(c2)COC3)cc1Cl. The van der Waals surface area contributed by atoms with Crippen molar-refractivity contribution in [1.29, 1.82) is 0 Å². The Kier molecular flexibility index (Phi) is 3.48. The molecule has 0 aliphatic carbocycles. The van der Waals surface area contributed by atoms with E-state index in [0.717, 1.165) is 16.7 Å². The molecule has 4 heteroatoms. The quantitative estimate of drug-likeness (QED) is 0.721. The normalized spacial score (nSPS) is 15.3. The average molecular weight is 297 g/mol. The van der Waals surface area contributed by atoms with E-state index in [0.29, 0.717) is 13.2 Å². The van der Waals surface area contributed by atoms with Crippen molar-refractivity contribution in [3.63, 3.8) is 0 Å². The first-order chi connectivity index (χ1) is 9.15. The minimum Gasteiger partial charge on any atom is -0.372 e. The smallest absolute Gasteiger partial charge is 0.141 e. The summed E-state index contributed by atoms with van der Waals surface area (Å²) < 4.78 is 18.5. The zero-order valence-electron chi connectivity index (χ0n) is 10.00. The standard InChI is InChI=1S/C15H11Cl2FO/c16-13-6-10(3-4-14(13)18)15(17)9-1-2-11-7-19-8-12(11)5-9/h1-6,15H,7-8H2. The zero-order chi connectivity index (χ0) is 13.4. The molecule has 2 aromatic rings. The average Bonchev–Trinajstić information content (AvgIpc) is 2.88. The van der Waals surface area contributed by atoms with Crippen molar-refractivity contribution in [2.45, 2.75) is 18.6 Å². The minimum atomic E-state index is -0.434. The molecule has 98 valence electrons. The molecule has 0 amide bonds. The summed E-state index contributed by atoms with van der Waals surface area (Å²) in [6, 6.07) is 10.6. The van der Waals surface area contributed by atoms with Gasteiger partial charge in [-0.25, -0.2) is 4.39 Å². The molecular weight excluding hydrogens is 286 g/mol. The highest BCUT2D eigenvalue weighted by atomic mass is 35.5. The summed E-state index contributed by atoms with van der Waals surface area (Å²) in [6.45, 7) is 1.28. The number of halogens is 3. The number of ether oxygens (including phenoxy) is 1. The van der Waals surface area contributed by atoms with Gasteiger partial charge in [0.2, 0.25) is 0 Å². The molecule has 1 aliphatic heterocycles. The molecule has 0 fully saturated rings. The molecule has 0 spiro atoms. The molecule has 1 unspecified atom stereocenters. The van der Waals surface area contributed by atoms with Crippen LogP contribution < -0.4 is 0 Å². The lowest BCUT2D eigenvalue weighted by Gasteiger charge is -2.12. The molecule has 0 saturated carbocycles. The maximum Gasteiger partial charge on any atom is 0.141 e. The van der Waals surface area contributed by atoms with Crippen LogP contribution in [0.3, 0.4) is 0 Å². The van der Waals surface area contributed by atoms with Gasteiger partial charge in [-0.1, -0.05) is 35.9 Å². The van der Waals surface area contributed by atoms with Crippen LogP contribution in [0.2, 0.25) is 5.02 Å². The number of benzene rings is 2. The van der Waals surface area contributed by atoms with Gasteiger partial charge in [0.1, 0.15) is 5.82 Å². The zero-order valence-corrected chi connectivity index (χ0v) is 11.5. The molecule has 1 nitrogen and oxygen atoms in total. The Morgan fingerprint density at radius 1 is 1.00 bits per heavy atom. The molecule has 0 aromatic heterocycles. The van der Waals surface area contributed by atoms with E-state index >= 15 is 0 Å². The molecule has 1 atom stereocenters. The number of alkyl halides is 1. The minimum absolute atomic E-state index is 0.0904. The maximum atomic E-state index is 13.2. The van der Waals surface area contributed by atoms with Crippen LogP contribution in [0.25, 0.3) is 0 Å². The monoisotopic (exact) mass is 296 g/mol. The van der Waals surface area contributed by atoms with Crippen LogP contribution in [-0.4, -0.2) is 0 Å². The van der Waals surface area contributed by atoms with Crippen LogP contribution in [0.5, 0.6) is 0 Å². The summed E-state index contributed by atoms with van der Waals surface area (Å²) in [5, 5.41) is -0.253. The Bertz CT molecular complexity index is 628. The lowest BCUT2D eigenvalue weighted by Crippen LogP contribution is -1.96. The fraction of sp³-hybridized carbons (Fsp3) is 0.200. The van der Waals surface area contributed by atoms with E-state index in [1.165, 1.54) is 11.6 Å². The number of hydrogen-bond donors (Lipinski definition) is 0. The van der Waals surface area contributed by atoms with E-state index in [1.54, 1.807) is 12.1 Å². The molecular formula is C15H11Cl2FO. The van der Waals surface area contributed by atoms with E-state index in [-0.39, 0.29) is 10.4 Å². The molecule has 19 heavy (non-hydrogen) atoms. The summed E-state index contributed by atoms with van der Waals surface area (Å²) in [5.74, 6) is -0.434. The van der Waals surface area contributed by atoms with Crippen LogP contribution >= 0.6 is 23.2 Å². The second kappa shape index (κ2) is 5.12. The lowest BCUT2D eigenvalue weighted by atomic mass is 10.00. The summed E-state index contributed by atoms with van der Waals surface area (Å²) in [4.78, 5) is 0. The Morgan fingerprint density at radius 3 is 2.47 bits per heavy atom. The van der Waals surface area contributed by atoms with Gasteiger partial charge < -0.3 is 4.74 Å². The third kappa shape index (κ3) is 2.48. The topological polar surface area (TPSA) is 9.23 Å². The van der Waals surface area contributed by atoms with Gasteiger partial charge in [-0.15, -0.1) is 11.6 Å². The van der Waals surface area contributed by atoms with Crippen molar-refractivity contribution >= 4 is 23.2 Å². The highest BCUT2D eigenvalue weighted by Crippen LogP contribution is 2.33. The van der Waals surface area contributed by atoms with Gasteiger partial charge in [-0.2, -0.15) is 0 Å². The van der Waals surface area contributed by atoms with Crippen LogP contribution in [0.1, 0.15) is 27.6 Å². The second-order valence-electron chi connectivity index (χ2n) is 4.56. The molecule has 0 N–H and O–H groups in total. The highest BCUT2D eigenvalue weighted by Gasteiger charge is 2.17. The molecule has 1 aliphatic rings. The van der Waals surface area contributed by atoms with E-state index in [9.17, 15) is 4.39 Å². The molecule has 0 bridgehead atoms. The number of hydrogen-bond acceptors (Lipinski definition) is 1. The molecule has 3 rings (SSSR count). The van der Waals surface area contributed by atoms with Gasteiger partial charge in [0.25, 0.3) is 0 Å². The Morgan fingerprint density at radius 2 is 1.68 bits per heavy atom. The van der Waals surface area contributed by atoms with Crippen molar-refractivity contribution in [1.82, 2.24) is 0 Å². The predicted octanol–water partition coefficient (Wildman–Crippen LogP) is 4.84. The van der Waals surface area contributed by atoms with E-state index in [1.807, 2.05) is 18.2 Å². The largest absolute Gasteiger partial charge is 0.372 e. The molecule has 0 saturated heterocycles. The predicted molar refractivity (Wildman–Crippen MR) is 74.0 cm³/mol. The summed E-state index contributed by atoms with van der Waals surface area (Å²) in [6.07, 6.45) is 0. The first-order valence-corrected chi connectivity index (χ1v) is 6.75. The highest BCUT2D eigenvalue weighted by molar-refractivity contribution is 6.31. The van der Waals surface area contributed by atoms with E-state index in [2.05, 4.69) is 0 Å². The lowest BCUT2D eigenvalue weighted by molar-refractivity contribution is 0.134. The summed E-state index contributed by atoms with van der Waals surface area (Å²) in [5.41, 5.74) is 4.11. The Balaban J connectivity index is 1.94. The van der Waals surface area contributed by atoms with Crippen molar-refractivity contribution < 1.29 is 9.13 Å². The maximum absolute atomic E-state index is 13.2. The summed E-state index contributed by atoms with van der Waals surface area (Å²) >= 11 is 12.2. The molecule has 0 radical (unpaired) electrons. The Hall–Kier alpha value is -1.09.